The van der Waals surface area contributed by atoms with Crippen molar-refractivity contribution in [2.24, 2.45) is 0 Å². The molecule has 8 nitrogen and oxygen atoms in total. The van der Waals surface area contributed by atoms with Crippen LogP contribution in [0.5, 0.6) is 0 Å². The number of hydrogen-bond acceptors (Lipinski definition) is 7. The Morgan fingerprint density at radius 2 is 2.07 bits per heavy atom. The Morgan fingerprint density at radius 3 is 2.90 bits per heavy atom. The highest BCUT2D eigenvalue weighted by Crippen LogP contribution is 2.23. The molecule has 3 heterocycles. The molecule has 0 unspecified atom stereocenters. The van der Waals surface area contributed by atoms with E-state index in [2.05, 4.69) is 25.6 Å². The SMILES string of the molecule is O=C(CN1CCO[C@@H](c2cccc(Nc3cnccn3)n2)C1)Nc1ccccc1F. The summed E-state index contributed by atoms with van der Waals surface area (Å²) in [6, 6.07) is 11.7. The maximum atomic E-state index is 13.7. The number of para-hydroxylation sites is 1. The first-order chi connectivity index (χ1) is 14.7. The lowest BCUT2D eigenvalue weighted by molar-refractivity contribution is -0.119. The summed E-state index contributed by atoms with van der Waals surface area (Å²) in [4.78, 5) is 27.1. The van der Waals surface area contributed by atoms with Gasteiger partial charge in [-0.2, -0.15) is 0 Å². The third-order valence-corrected chi connectivity index (χ3v) is 4.59. The third kappa shape index (κ3) is 5.13. The molecule has 1 amide bonds. The molecule has 1 saturated heterocycles. The molecule has 1 atom stereocenters. The van der Waals surface area contributed by atoms with Gasteiger partial charge in [0.2, 0.25) is 5.91 Å². The Balaban J connectivity index is 1.37. The van der Waals surface area contributed by atoms with Gasteiger partial charge in [0.15, 0.2) is 0 Å². The molecule has 0 aliphatic carbocycles. The molecule has 154 valence electrons. The lowest BCUT2D eigenvalue weighted by atomic mass is 10.2. The van der Waals surface area contributed by atoms with Crippen molar-refractivity contribution in [3.05, 3.63) is 72.6 Å². The predicted octanol–water partition coefficient (Wildman–Crippen LogP) is 2.77. The van der Waals surface area contributed by atoms with Crippen LogP contribution in [0.2, 0.25) is 0 Å². The molecule has 1 fully saturated rings. The molecule has 0 saturated carbocycles. The van der Waals surface area contributed by atoms with Crippen LogP contribution < -0.4 is 10.6 Å². The number of nitrogens with zero attached hydrogens (tertiary/aromatic N) is 4. The van der Waals surface area contributed by atoms with E-state index in [0.717, 1.165) is 5.69 Å². The van der Waals surface area contributed by atoms with Crippen molar-refractivity contribution in [1.29, 1.82) is 0 Å². The number of nitrogens with one attached hydrogen (secondary N) is 2. The topological polar surface area (TPSA) is 92.3 Å². The van der Waals surface area contributed by atoms with Crippen LogP contribution >= 0.6 is 0 Å². The smallest absolute Gasteiger partial charge is 0.238 e. The van der Waals surface area contributed by atoms with Crippen molar-refractivity contribution in [2.45, 2.75) is 6.10 Å². The molecule has 1 aliphatic heterocycles. The van der Waals surface area contributed by atoms with Crippen molar-refractivity contribution < 1.29 is 13.9 Å². The van der Waals surface area contributed by atoms with Gasteiger partial charge in [0, 0.05) is 25.5 Å². The summed E-state index contributed by atoms with van der Waals surface area (Å²) in [5.74, 6) is 0.498. The fourth-order valence-electron chi connectivity index (χ4n) is 3.18. The number of morpholine rings is 1. The summed E-state index contributed by atoms with van der Waals surface area (Å²) < 4.78 is 19.6. The van der Waals surface area contributed by atoms with Crippen LogP contribution in [0, 0.1) is 5.82 Å². The van der Waals surface area contributed by atoms with Crippen LogP contribution in [0.4, 0.5) is 21.7 Å². The van der Waals surface area contributed by atoms with Gasteiger partial charge in [0.1, 0.15) is 23.6 Å². The fraction of sp³-hybridized carbons (Fsp3) is 0.238. The molecular weight excluding hydrogens is 387 g/mol. The number of rotatable bonds is 6. The van der Waals surface area contributed by atoms with E-state index in [1.807, 2.05) is 23.1 Å². The monoisotopic (exact) mass is 408 g/mol. The number of carbonyl (C=O) groups excluding carboxylic acids is 1. The normalized spacial score (nSPS) is 16.8. The Morgan fingerprint density at radius 1 is 1.17 bits per heavy atom. The van der Waals surface area contributed by atoms with Gasteiger partial charge in [-0.3, -0.25) is 14.7 Å². The molecule has 2 aromatic heterocycles. The lowest BCUT2D eigenvalue weighted by Crippen LogP contribution is -2.42. The molecule has 30 heavy (non-hydrogen) atoms. The number of amides is 1. The molecule has 1 aromatic carbocycles. The van der Waals surface area contributed by atoms with Gasteiger partial charge in [-0.1, -0.05) is 18.2 Å². The number of hydrogen-bond donors (Lipinski definition) is 2. The van der Waals surface area contributed by atoms with Gasteiger partial charge >= 0.3 is 0 Å². The van der Waals surface area contributed by atoms with Gasteiger partial charge in [-0.25, -0.2) is 14.4 Å². The lowest BCUT2D eigenvalue weighted by Gasteiger charge is -2.32. The van der Waals surface area contributed by atoms with Crippen molar-refractivity contribution in [3.8, 4) is 0 Å². The average molecular weight is 408 g/mol. The maximum absolute atomic E-state index is 13.7. The second-order valence-electron chi connectivity index (χ2n) is 6.79. The number of halogens is 1. The molecule has 9 heteroatoms. The average Bonchev–Trinajstić information content (AvgIpc) is 2.76. The third-order valence-electron chi connectivity index (χ3n) is 4.59. The summed E-state index contributed by atoms with van der Waals surface area (Å²) in [5.41, 5.74) is 0.930. The van der Waals surface area contributed by atoms with E-state index in [-0.39, 0.29) is 24.2 Å². The number of pyridine rings is 1. The molecule has 4 rings (SSSR count). The van der Waals surface area contributed by atoms with Gasteiger partial charge < -0.3 is 15.4 Å². The first kappa shape index (κ1) is 19.9. The fourth-order valence-corrected chi connectivity index (χ4v) is 3.18. The minimum atomic E-state index is -0.456. The highest BCUT2D eigenvalue weighted by molar-refractivity contribution is 5.92. The number of benzene rings is 1. The van der Waals surface area contributed by atoms with Gasteiger partial charge in [0.05, 0.1) is 30.7 Å². The Hall–Kier alpha value is -3.43. The van der Waals surface area contributed by atoms with E-state index in [9.17, 15) is 9.18 Å². The van der Waals surface area contributed by atoms with Gasteiger partial charge in [-0.15, -0.1) is 0 Å². The van der Waals surface area contributed by atoms with Crippen LogP contribution in [0.1, 0.15) is 11.8 Å². The van der Waals surface area contributed by atoms with Crippen molar-refractivity contribution in [3.63, 3.8) is 0 Å². The highest BCUT2D eigenvalue weighted by atomic mass is 19.1. The number of aromatic nitrogens is 3. The molecule has 0 bridgehead atoms. The van der Waals surface area contributed by atoms with Crippen molar-refractivity contribution in [1.82, 2.24) is 19.9 Å². The first-order valence-electron chi connectivity index (χ1n) is 9.56. The van der Waals surface area contributed by atoms with Crippen LogP contribution in [0.3, 0.4) is 0 Å². The minimum absolute atomic E-state index is 0.145. The second-order valence-corrected chi connectivity index (χ2v) is 6.79. The van der Waals surface area contributed by atoms with E-state index in [1.54, 1.807) is 30.7 Å². The maximum Gasteiger partial charge on any atom is 0.238 e. The van der Waals surface area contributed by atoms with Crippen molar-refractivity contribution in [2.75, 3.05) is 36.9 Å². The Labute approximate surface area is 173 Å². The zero-order valence-electron chi connectivity index (χ0n) is 16.2. The summed E-state index contributed by atoms with van der Waals surface area (Å²) in [5, 5.41) is 5.72. The second kappa shape index (κ2) is 9.38. The summed E-state index contributed by atoms with van der Waals surface area (Å²) in [7, 11) is 0. The Bertz CT molecular complexity index is 1000. The largest absolute Gasteiger partial charge is 0.369 e. The van der Waals surface area contributed by atoms with E-state index in [0.29, 0.717) is 31.3 Å². The predicted molar refractivity (Wildman–Crippen MR) is 110 cm³/mol. The summed E-state index contributed by atoms with van der Waals surface area (Å²) in [6.07, 6.45) is 4.53. The molecule has 2 N–H and O–H groups in total. The van der Waals surface area contributed by atoms with Gasteiger partial charge in [0.25, 0.3) is 0 Å². The van der Waals surface area contributed by atoms with Crippen LogP contribution in [0.25, 0.3) is 0 Å². The van der Waals surface area contributed by atoms with E-state index in [1.165, 1.54) is 12.1 Å². The van der Waals surface area contributed by atoms with Gasteiger partial charge in [-0.05, 0) is 24.3 Å². The molecule has 0 spiro atoms. The zero-order chi connectivity index (χ0) is 20.8. The van der Waals surface area contributed by atoms with Crippen LogP contribution in [-0.4, -0.2) is 52.0 Å². The van der Waals surface area contributed by atoms with E-state index >= 15 is 0 Å². The Kier molecular flexibility index (Phi) is 6.21. The van der Waals surface area contributed by atoms with Crippen molar-refractivity contribution >= 4 is 23.2 Å². The highest BCUT2D eigenvalue weighted by Gasteiger charge is 2.25. The number of carbonyl (C=O) groups is 1. The standard InChI is InChI=1S/C21H21FN6O2/c22-15-4-1-2-5-16(15)26-21(29)14-28-10-11-30-18(13-28)17-6-3-7-19(25-17)27-20-12-23-8-9-24-20/h1-9,12,18H,10-11,13-14H2,(H,26,29)(H,24,25,27)/t18-/m1/s1. The number of ether oxygens (including phenoxy) is 1. The zero-order valence-corrected chi connectivity index (χ0v) is 16.2. The van der Waals surface area contributed by atoms with E-state index < -0.39 is 5.82 Å². The van der Waals surface area contributed by atoms with E-state index in [4.69, 9.17) is 4.74 Å². The minimum Gasteiger partial charge on any atom is -0.369 e. The molecule has 0 radical (unpaired) electrons. The molecule has 3 aromatic rings. The quantitative estimate of drug-likeness (QED) is 0.648. The summed E-state index contributed by atoms with van der Waals surface area (Å²) in [6.45, 7) is 1.73. The molecular formula is C21H21FN6O2. The van der Waals surface area contributed by atoms with Crippen LogP contribution in [0.15, 0.2) is 61.1 Å². The van der Waals surface area contributed by atoms with Crippen LogP contribution in [-0.2, 0) is 9.53 Å². The summed E-state index contributed by atoms with van der Waals surface area (Å²) >= 11 is 0. The number of anilines is 3. The first-order valence-corrected chi connectivity index (χ1v) is 9.56. The molecule has 1 aliphatic rings.